The zero-order valence-corrected chi connectivity index (χ0v) is 23.3. The molecule has 3 amide bonds. The number of nitrogens with zero attached hydrogens (tertiary/aromatic N) is 3. The number of hydrogen-bond acceptors (Lipinski definition) is 3. The molecule has 2 N–H and O–H groups in total. The Morgan fingerprint density at radius 2 is 1.69 bits per heavy atom. The number of aromatic nitrogens is 2. The molecule has 0 aliphatic carbocycles. The summed E-state index contributed by atoms with van der Waals surface area (Å²) in [6.07, 6.45) is 0. The Balaban J connectivity index is 1.84. The molecule has 0 unspecified atom stereocenters. The second-order valence-corrected chi connectivity index (χ2v) is 11.0. The van der Waals surface area contributed by atoms with E-state index in [1.807, 2.05) is 72.7 Å². The number of hydrogen-bond donors (Lipinski definition) is 2. The molecule has 0 aliphatic heterocycles. The van der Waals surface area contributed by atoms with Crippen LogP contribution in [0.5, 0.6) is 0 Å². The molecule has 0 saturated heterocycles. The summed E-state index contributed by atoms with van der Waals surface area (Å²) in [7, 11) is 0. The van der Waals surface area contributed by atoms with Crippen LogP contribution < -0.4 is 10.6 Å². The highest BCUT2D eigenvalue weighted by Gasteiger charge is 2.24. The number of carbonyl (C=O) groups excluding carboxylic acids is 2. The minimum absolute atomic E-state index is 0.133. The molecule has 7 nitrogen and oxygen atoms in total. The lowest BCUT2D eigenvalue weighted by Crippen LogP contribution is -2.44. The summed E-state index contributed by atoms with van der Waals surface area (Å²) in [4.78, 5) is 27.7. The van der Waals surface area contributed by atoms with Crippen molar-refractivity contribution in [2.75, 3.05) is 17.2 Å². The summed E-state index contributed by atoms with van der Waals surface area (Å²) in [5.41, 5.74) is 3.97. The van der Waals surface area contributed by atoms with E-state index in [1.54, 1.807) is 22.9 Å². The van der Waals surface area contributed by atoms with Gasteiger partial charge < -0.3 is 15.5 Å². The summed E-state index contributed by atoms with van der Waals surface area (Å²) in [6, 6.07) is 12.2. The molecule has 1 aromatic heterocycles. The molecule has 3 rings (SSSR count). The first-order valence-electron chi connectivity index (χ1n) is 11.8. The van der Waals surface area contributed by atoms with Crippen molar-refractivity contribution in [1.82, 2.24) is 14.7 Å². The van der Waals surface area contributed by atoms with E-state index in [4.69, 9.17) is 28.3 Å². The largest absolute Gasteiger partial charge is 0.322 e. The van der Waals surface area contributed by atoms with Gasteiger partial charge in [-0.3, -0.25) is 4.79 Å². The summed E-state index contributed by atoms with van der Waals surface area (Å²) in [6.45, 7) is 13.7. The average Bonchev–Trinajstić information content (AvgIpc) is 3.20. The van der Waals surface area contributed by atoms with Crippen molar-refractivity contribution in [3.05, 3.63) is 69.3 Å². The first-order valence-corrected chi connectivity index (χ1v) is 12.5. The van der Waals surface area contributed by atoms with Crippen molar-refractivity contribution in [1.29, 1.82) is 0 Å². The molecule has 0 bridgehead atoms. The number of benzene rings is 2. The van der Waals surface area contributed by atoms with Gasteiger partial charge in [0.1, 0.15) is 12.4 Å². The van der Waals surface area contributed by atoms with E-state index in [1.165, 1.54) is 4.90 Å². The van der Waals surface area contributed by atoms with Crippen molar-refractivity contribution in [2.24, 2.45) is 0 Å². The first kappa shape index (κ1) is 27.6. The predicted molar refractivity (Wildman–Crippen MR) is 148 cm³/mol. The quantitative estimate of drug-likeness (QED) is 0.361. The van der Waals surface area contributed by atoms with Crippen molar-refractivity contribution in [2.45, 2.75) is 59.9 Å². The molecular formula is C27H33Cl2N5O2. The molecule has 0 atom stereocenters. The number of anilines is 2. The molecule has 3 aromatic rings. The van der Waals surface area contributed by atoms with Gasteiger partial charge in [-0.2, -0.15) is 5.10 Å². The molecular weight excluding hydrogens is 497 g/mol. The van der Waals surface area contributed by atoms with Gasteiger partial charge in [-0.15, -0.1) is 0 Å². The maximum atomic E-state index is 13.1. The van der Waals surface area contributed by atoms with Crippen molar-refractivity contribution in [3.63, 3.8) is 0 Å². The van der Waals surface area contributed by atoms with Crippen LogP contribution in [0, 0.1) is 13.8 Å². The van der Waals surface area contributed by atoms with Crippen molar-refractivity contribution < 1.29 is 9.59 Å². The standard InChI is InChI=1S/C27H33Cl2N5O2/c1-16(2)33(26(36)30-22-11-8-17(3)12-18(22)4)15-25(35)31-24-14-23(27(5,6)7)32-34(24)19-9-10-20(28)21(29)13-19/h8-14,16H,15H2,1-7H3,(H,30,36)(H,31,35). The highest BCUT2D eigenvalue weighted by molar-refractivity contribution is 6.42. The van der Waals surface area contributed by atoms with Gasteiger partial charge in [0.05, 0.1) is 21.4 Å². The molecule has 2 aromatic carbocycles. The Labute approximate surface area is 222 Å². The van der Waals surface area contributed by atoms with E-state index >= 15 is 0 Å². The number of carbonyl (C=O) groups is 2. The van der Waals surface area contributed by atoms with Crippen LogP contribution in [-0.2, 0) is 10.2 Å². The van der Waals surface area contributed by atoms with E-state index in [0.717, 1.165) is 16.8 Å². The Hall–Kier alpha value is -3.03. The van der Waals surface area contributed by atoms with Gasteiger partial charge in [0.15, 0.2) is 0 Å². The van der Waals surface area contributed by atoms with Gasteiger partial charge in [0, 0.05) is 23.2 Å². The van der Waals surface area contributed by atoms with Gasteiger partial charge in [0.25, 0.3) is 0 Å². The molecule has 0 aliphatic rings. The van der Waals surface area contributed by atoms with Crippen LogP contribution in [0.4, 0.5) is 16.3 Å². The SMILES string of the molecule is Cc1ccc(NC(=O)N(CC(=O)Nc2cc(C(C)(C)C)nn2-c2ccc(Cl)c(Cl)c2)C(C)C)c(C)c1. The fraction of sp³-hybridized carbons (Fsp3) is 0.370. The van der Waals surface area contributed by atoms with Crippen LogP contribution in [-0.4, -0.2) is 39.2 Å². The maximum absolute atomic E-state index is 13.1. The van der Waals surface area contributed by atoms with Crippen molar-refractivity contribution >= 4 is 46.6 Å². The Kier molecular flexibility index (Phi) is 8.37. The number of aryl methyl sites for hydroxylation is 2. The lowest BCUT2D eigenvalue weighted by molar-refractivity contribution is -0.117. The highest BCUT2D eigenvalue weighted by atomic mass is 35.5. The fourth-order valence-corrected chi connectivity index (χ4v) is 3.91. The van der Waals surface area contributed by atoms with Crippen LogP contribution in [0.2, 0.25) is 10.0 Å². The third-order valence-electron chi connectivity index (χ3n) is 5.71. The number of amides is 3. The van der Waals surface area contributed by atoms with Crippen LogP contribution in [0.25, 0.3) is 5.69 Å². The molecule has 36 heavy (non-hydrogen) atoms. The van der Waals surface area contributed by atoms with E-state index in [2.05, 4.69) is 10.6 Å². The minimum atomic E-state index is -0.347. The second kappa shape index (κ2) is 10.9. The molecule has 0 radical (unpaired) electrons. The Bertz CT molecular complexity index is 1280. The van der Waals surface area contributed by atoms with Gasteiger partial charge in [-0.25, -0.2) is 9.48 Å². The molecule has 1 heterocycles. The normalized spacial score (nSPS) is 11.5. The third-order valence-corrected chi connectivity index (χ3v) is 6.45. The monoisotopic (exact) mass is 529 g/mol. The van der Waals surface area contributed by atoms with Gasteiger partial charge in [0.2, 0.25) is 5.91 Å². The molecule has 192 valence electrons. The first-order chi connectivity index (χ1) is 16.8. The highest BCUT2D eigenvalue weighted by Crippen LogP contribution is 2.29. The van der Waals surface area contributed by atoms with Gasteiger partial charge in [-0.05, 0) is 57.5 Å². The Morgan fingerprint density at radius 3 is 2.28 bits per heavy atom. The van der Waals surface area contributed by atoms with Gasteiger partial charge >= 0.3 is 6.03 Å². The zero-order chi connectivity index (χ0) is 26.8. The van der Waals surface area contributed by atoms with Crippen LogP contribution >= 0.6 is 23.2 Å². The lowest BCUT2D eigenvalue weighted by Gasteiger charge is -2.26. The van der Waals surface area contributed by atoms with E-state index in [0.29, 0.717) is 27.2 Å². The number of rotatable bonds is 6. The molecule has 0 spiro atoms. The van der Waals surface area contributed by atoms with Crippen LogP contribution in [0.3, 0.4) is 0 Å². The molecule has 9 heteroatoms. The Morgan fingerprint density at radius 1 is 1.00 bits per heavy atom. The van der Waals surface area contributed by atoms with E-state index in [-0.39, 0.29) is 29.9 Å². The average molecular weight is 531 g/mol. The maximum Gasteiger partial charge on any atom is 0.322 e. The van der Waals surface area contributed by atoms with E-state index < -0.39 is 0 Å². The summed E-state index contributed by atoms with van der Waals surface area (Å²) in [5, 5.41) is 11.4. The summed E-state index contributed by atoms with van der Waals surface area (Å²) >= 11 is 12.3. The molecule has 0 fully saturated rings. The third kappa shape index (κ3) is 6.59. The topological polar surface area (TPSA) is 79.3 Å². The smallest absolute Gasteiger partial charge is 0.313 e. The van der Waals surface area contributed by atoms with Crippen LogP contribution in [0.1, 0.15) is 51.4 Å². The van der Waals surface area contributed by atoms with Crippen molar-refractivity contribution in [3.8, 4) is 5.69 Å². The van der Waals surface area contributed by atoms with Crippen LogP contribution in [0.15, 0.2) is 42.5 Å². The minimum Gasteiger partial charge on any atom is -0.313 e. The summed E-state index contributed by atoms with van der Waals surface area (Å²) in [5.74, 6) is 0.128. The van der Waals surface area contributed by atoms with Gasteiger partial charge in [-0.1, -0.05) is 61.7 Å². The fourth-order valence-electron chi connectivity index (χ4n) is 3.62. The number of urea groups is 1. The summed E-state index contributed by atoms with van der Waals surface area (Å²) < 4.78 is 1.62. The number of nitrogens with one attached hydrogen (secondary N) is 2. The molecule has 0 saturated carbocycles. The number of halogens is 2. The second-order valence-electron chi connectivity index (χ2n) is 10.2. The lowest BCUT2D eigenvalue weighted by atomic mass is 9.92. The van der Waals surface area contributed by atoms with E-state index in [9.17, 15) is 9.59 Å². The predicted octanol–water partition coefficient (Wildman–Crippen LogP) is 6.97. The zero-order valence-electron chi connectivity index (χ0n) is 21.7.